The topological polar surface area (TPSA) is 41.6 Å². The van der Waals surface area contributed by atoms with Crippen molar-refractivity contribution in [2.24, 2.45) is 0 Å². The van der Waals surface area contributed by atoms with E-state index in [9.17, 15) is 4.79 Å². The molecule has 1 aliphatic carbocycles. The molecule has 1 aliphatic heterocycles. The minimum atomic E-state index is -0.0116. The third-order valence-corrected chi connectivity index (χ3v) is 4.54. The fraction of sp³-hybridized carbons (Fsp3) is 0.588. The Morgan fingerprint density at radius 1 is 1.19 bits per heavy atom. The van der Waals surface area contributed by atoms with Gasteiger partial charge in [-0.05, 0) is 57.6 Å². The van der Waals surface area contributed by atoms with Gasteiger partial charge in [-0.3, -0.25) is 0 Å². The van der Waals surface area contributed by atoms with Crippen molar-refractivity contribution in [1.29, 1.82) is 0 Å². The van der Waals surface area contributed by atoms with Gasteiger partial charge in [0.25, 0.3) is 0 Å². The van der Waals surface area contributed by atoms with Crippen molar-refractivity contribution in [3.63, 3.8) is 0 Å². The van der Waals surface area contributed by atoms with Crippen LogP contribution < -0.4 is 10.1 Å². The molecule has 2 fully saturated rings. The average Bonchev–Trinajstić information content (AvgIpc) is 3.12. The number of rotatable bonds is 3. The van der Waals surface area contributed by atoms with Crippen LogP contribution in [0, 0.1) is 0 Å². The lowest BCUT2D eigenvalue weighted by Crippen LogP contribution is -2.37. The van der Waals surface area contributed by atoms with Crippen molar-refractivity contribution in [2.45, 2.75) is 57.6 Å². The molecule has 2 amide bonds. The molecule has 1 heterocycles. The van der Waals surface area contributed by atoms with Crippen LogP contribution >= 0.6 is 0 Å². The molecule has 0 bridgehead atoms. The number of hydrogen-bond acceptors (Lipinski definition) is 2. The number of anilines is 1. The number of nitrogens with zero attached hydrogens (tertiary/aromatic N) is 1. The summed E-state index contributed by atoms with van der Waals surface area (Å²) in [7, 11) is 0. The van der Waals surface area contributed by atoms with E-state index < -0.39 is 0 Å². The normalized spacial score (nSPS) is 22.5. The van der Waals surface area contributed by atoms with E-state index in [-0.39, 0.29) is 6.03 Å². The largest absolute Gasteiger partial charge is 0.488 e. The first-order chi connectivity index (χ1) is 10.2. The molecule has 21 heavy (non-hydrogen) atoms. The maximum Gasteiger partial charge on any atom is 0.322 e. The smallest absolute Gasteiger partial charge is 0.322 e. The van der Waals surface area contributed by atoms with Gasteiger partial charge in [0.15, 0.2) is 0 Å². The first-order valence-electron chi connectivity index (χ1n) is 8.07. The van der Waals surface area contributed by atoms with E-state index >= 15 is 0 Å². The van der Waals surface area contributed by atoms with Gasteiger partial charge in [0.2, 0.25) is 0 Å². The number of hydrogen-bond donors (Lipinski definition) is 1. The van der Waals surface area contributed by atoms with Crippen LogP contribution in [-0.4, -0.2) is 29.6 Å². The molecule has 1 saturated heterocycles. The minimum Gasteiger partial charge on any atom is -0.488 e. The summed E-state index contributed by atoms with van der Waals surface area (Å²) >= 11 is 0. The van der Waals surface area contributed by atoms with E-state index in [0.29, 0.717) is 12.1 Å². The summed E-state index contributed by atoms with van der Waals surface area (Å²) < 4.78 is 6.06. The molecule has 1 saturated carbocycles. The van der Waals surface area contributed by atoms with Crippen LogP contribution in [0.15, 0.2) is 24.3 Å². The van der Waals surface area contributed by atoms with E-state index in [0.717, 1.165) is 43.7 Å². The standard InChI is InChI=1S/C17H24N2O2/c1-13-7-6-12-19(13)17(20)18-15-10-4-5-11-16(15)21-14-8-2-3-9-14/h4-5,10-11,13-14H,2-3,6-9,12H2,1H3,(H,18,20). The first kappa shape index (κ1) is 14.2. The van der Waals surface area contributed by atoms with Gasteiger partial charge in [-0.2, -0.15) is 0 Å². The molecule has 0 aromatic heterocycles. The highest BCUT2D eigenvalue weighted by molar-refractivity contribution is 5.91. The molecule has 1 aromatic carbocycles. The molecule has 0 spiro atoms. The summed E-state index contributed by atoms with van der Waals surface area (Å²) in [6, 6.07) is 8.07. The molecule has 1 aromatic rings. The van der Waals surface area contributed by atoms with Crippen molar-refractivity contribution >= 4 is 11.7 Å². The number of para-hydroxylation sites is 2. The maximum absolute atomic E-state index is 12.4. The van der Waals surface area contributed by atoms with Gasteiger partial charge in [-0.25, -0.2) is 4.79 Å². The summed E-state index contributed by atoms with van der Waals surface area (Å²) in [4.78, 5) is 14.3. The first-order valence-corrected chi connectivity index (χ1v) is 8.07. The van der Waals surface area contributed by atoms with Gasteiger partial charge in [-0.1, -0.05) is 12.1 Å². The van der Waals surface area contributed by atoms with Crippen LogP contribution in [0.4, 0.5) is 10.5 Å². The summed E-state index contributed by atoms with van der Waals surface area (Å²) in [5.41, 5.74) is 0.786. The second-order valence-electron chi connectivity index (χ2n) is 6.14. The Labute approximate surface area is 126 Å². The lowest BCUT2D eigenvalue weighted by molar-refractivity contribution is 0.205. The molecule has 0 radical (unpaired) electrons. The number of nitrogens with one attached hydrogen (secondary N) is 1. The number of benzene rings is 1. The molecule has 1 N–H and O–H groups in total. The van der Waals surface area contributed by atoms with Crippen molar-refractivity contribution in [1.82, 2.24) is 4.90 Å². The van der Waals surface area contributed by atoms with Gasteiger partial charge in [-0.15, -0.1) is 0 Å². The fourth-order valence-electron chi connectivity index (χ4n) is 3.28. The fourth-order valence-corrected chi connectivity index (χ4v) is 3.28. The van der Waals surface area contributed by atoms with Gasteiger partial charge in [0.05, 0.1) is 11.8 Å². The lowest BCUT2D eigenvalue weighted by Gasteiger charge is -2.23. The number of amides is 2. The average molecular weight is 288 g/mol. The monoisotopic (exact) mass is 288 g/mol. The molecule has 4 nitrogen and oxygen atoms in total. The molecule has 1 atom stereocenters. The van der Waals surface area contributed by atoms with Crippen LogP contribution in [0.1, 0.15) is 45.4 Å². The SMILES string of the molecule is CC1CCCN1C(=O)Nc1ccccc1OC1CCCC1. The zero-order valence-electron chi connectivity index (χ0n) is 12.7. The second kappa shape index (κ2) is 6.37. The third-order valence-electron chi connectivity index (χ3n) is 4.54. The Hall–Kier alpha value is -1.71. The highest BCUT2D eigenvalue weighted by Crippen LogP contribution is 2.30. The number of carbonyl (C=O) groups excluding carboxylic acids is 1. The Kier molecular flexibility index (Phi) is 4.32. The van der Waals surface area contributed by atoms with Crippen LogP contribution in [-0.2, 0) is 0 Å². The zero-order valence-corrected chi connectivity index (χ0v) is 12.7. The highest BCUT2D eigenvalue weighted by Gasteiger charge is 2.26. The predicted molar refractivity (Wildman–Crippen MR) is 83.7 cm³/mol. The van der Waals surface area contributed by atoms with E-state index in [1.807, 2.05) is 29.2 Å². The highest BCUT2D eigenvalue weighted by atomic mass is 16.5. The molecule has 114 valence electrons. The number of ether oxygens (including phenoxy) is 1. The number of likely N-dealkylation sites (tertiary alicyclic amines) is 1. The number of urea groups is 1. The van der Waals surface area contributed by atoms with Gasteiger partial charge in [0.1, 0.15) is 5.75 Å². The molecular weight excluding hydrogens is 264 g/mol. The van der Waals surface area contributed by atoms with E-state index in [2.05, 4.69) is 12.2 Å². The van der Waals surface area contributed by atoms with Gasteiger partial charge in [0, 0.05) is 12.6 Å². The Balaban J connectivity index is 1.68. The molecule has 4 heteroatoms. The van der Waals surface area contributed by atoms with Crippen LogP contribution in [0.2, 0.25) is 0 Å². The Bertz CT molecular complexity index is 497. The molecule has 3 rings (SSSR count). The molecule has 1 unspecified atom stereocenters. The summed E-state index contributed by atoms with van der Waals surface area (Å²) in [6.45, 7) is 2.95. The maximum atomic E-state index is 12.4. The second-order valence-corrected chi connectivity index (χ2v) is 6.14. The summed E-state index contributed by atoms with van der Waals surface area (Å²) in [5, 5.41) is 3.02. The van der Waals surface area contributed by atoms with Gasteiger partial charge < -0.3 is 15.0 Å². The quantitative estimate of drug-likeness (QED) is 0.912. The van der Waals surface area contributed by atoms with E-state index in [1.54, 1.807) is 0 Å². The lowest BCUT2D eigenvalue weighted by atomic mass is 10.2. The number of carbonyl (C=O) groups is 1. The Morgan fingerprint density at radius 2 is 1.95 bits per heavy atom. The van der Waals surface area contributed by atoms with Crippen molar-refractivity contribution in [3.8, 4) is 5.75 Å². The summed E-state index contributed by atoms with van der Waals surface area (Å²) in [5.74, 6) is 0.796. The van der Waals surface area contributed by atoms with E-state index in [4.69, 9.17) is 4.74 Å². The van der Waals surface area contributed by atoms with Crippen LogP contribution in [0.25, 0.3) is 0 Å². The van der Waals surface area contributed by atoms with Gasteiger partial charge >= 0.3 is 6.03 Å². The molecular formula is C17H24N2O2. The van der Waals surface area contributed by atoms with Crippen LogP contribution in [0.5, 0.6) is 5.75 Å². The van der Waals surface area contributed by atoms with Crippen molar-refractivity contribution in [2.75, 3.05) is 11.9 Å². The van der Waals surface area contributed by atoms with Crippen molar-refractivity contribution < 1.29 is 9.53 Å². The minimum absolute atomic E-state index is 0.0116. The zero-order chi connectivity index (χ0) is 14.7. The third kappa shape index (κ3) is 3.31. The van der Waals surface area contributed by atoms with Crippen molar-refractivity contribution in [3.05, 3.63) is 24.3 Å². The molecule has 2 aliphatic rings. The van der Waals surface area contributed by atoms with Crippen LogP contribution in [0.3, 0.4) is 0 Å². The Morgan fingerprint density at radius 3 is 2.67 bits per heavy atom. The van der Waals surface area contributed by atoms with E-state index in [1.165, 1.54) is 12.8 Å². The summed E-state index contributed by atoms with van der Waals surface area (Å²) in [6.07, 6.45) is 7.20. The predicted octanol–water partition coefficient (Wildman–Crippen LogP) is 4.02.